The van der Waals surface area contributed by atoms with Crippen LogP contribution < -0.4 is 5.76 Å². The quantitative estimate of drug-likeness (QED) is 0.321. The molecule has 1 aromatic heterocycles. The first-order chi connectivity index (χ1) is 16.7. The Balaban J connectivity index is 1.88. The summed E-state index contributed by atoms with van der Waals surface area (Å²) in [5.41, 5.74) is 1.94. The number of carbonyl (C=O) groups excluding carboxylic acids is 1. The largest absolute Gasteiger partial charge is 0.441 e. The molecule has 0 fully saturated rings. The smallest absolute Gasteiger partial charge is 0.309 e. The molecule has 10 heteroatoms. The average Bonchev–Trinajstić information content (AvgIpc) is 3.17. The van der Waals surface area contributed by atoms with E-state index in [1.54, 1.807) is 26.0 Å². The molecule has 1 amide bonds. The van der Waals surface area contributed by atoms with Gasteiger partial charge in [0, 0.05) is 30.2 Å². The molecule has 0 unspecified atom stereocenters. The molecule has 0 saturated heterocycles. The number of nitrogens with zero attached hydrogens (tertiary/aromatic N) is 5. The van der Waals surface area contributed by atoms with E-state index in [2.05, 4.69) is 10.3 Å². The van der Waals surface area contributed by atoms with E-state index < -0.39 is 17.4 Å². The van der Waals surface area contributed by atoms with E-state index in [9.17, 15) is 18.4 Å². The van der Waals surface area contributed by atoms with Gasteiger partial charge in [-0.1, -0.05) is 30.3 Å². The van der Waals surface area contributed by atoms with Gasteiger partial charge < -0.3 is 4.90 Å². The van der Waals surface area contributed by atoms with Gasteiger partial charge in [0.25, 0.3) is 0 Å². The predicted molar refractivity (Wildman–Crippen MR) is 129 cm³/mol. The molecule has 0 saturated carbocycles. The zero-order valence-corrected chi connectivity index (χ0v) is 20.3. The highest BCUT2D eigenvalue weighted by Gasteiger charge is 2.16. The van der Waals surface area contributed by atoms with Gasteiger partial charge in [-0.05, 0) is 57.7 Å². The average molecular weight is 486 g/mol. The van der Waals surface area contributed by atoms with Crippen molar-refractivity contribution >= 4 is 11.6 Å². The normalized spacial score (nSPS) is 11.8. The van der Waals surface area contributed by atoms with Crippen LogP contribution in [0.15, 0.2) is 56.9 Å². The lowest BCUT2D eigenvalue weighted by Gasteiger charge is -2.18. The molecule has 8 nitrogen and oxygen atoms in total. The summed E-state index contributed by atoms with van der Waals surface area (Å²) in [5.74, 6) is -1.83. The minimum absolute atomic E-state index is 0.123. The molecule has 0 bridgehead atoms. The van der Waals surface area contributed by atoms with Crippen molar-refractivity contribution in [2.24, 2.45) is 5.10 Å². The number of benzene rings is 2. The minimum atomic E-state index is -0.722. The van der Waals surface area contributed by atoms with Crippen LogP contribution in [0.25, 0.3) is 11.4 Å². The summed E-state index contributed by atoms with van der Waals surface area (Å²) < 4.78 is 33.7. The van der Waals surface area contributed by atoms with Crippen LogP contribution in [0.1, 0.15) is 37.8 Å². The maximum Gasteiger partial charge on any atom is 0.441 e. The SMILES string of the molecule is CCC(=O)N(Cc1cccc(-c2noc(=O)n2CCCN(C)C)c1)/N=C(\C)c1cc(F)cc(F)c1. The van der Waals surface area contributed by atoms with E-state index in [0.29, 0.717) is 23.6 Å². The fraction of sp³-hybridized carbons (Fsp3) is 0.360. The fourth-order valence-electron chi connectivity index (χ4n) is 3.56. The summed E-state index contributed by atoms with van der Waals surface area (Å²) in [6.45, 7) is 4.67. The Bertz CT molecular complexity index is 1250. The Morgan fingerprint density at radius 1 is 1.14 bits per heavy atom. The van der Waals surface area contributed by atoms with Crippen LogP contribution in [0.2, 0.25) is 0 Å². The molecule has 35 heavy (non-hydrogen) atoms. The third-order valence-electron chi connectivity index (χ3n) is 5.33. The standard InChI is InChI=1S/C25H29F2N5O3/c1-5-23(33)32(28-17(2)20-13-21(26)15-22(27)14-20)16-18-8-6-9-19(12-18)24-29-35-25(34)31(24)11-7-10-30(3)4/h6,8-9,12-15H,5,7,10-11,16H2,1-4H3/b28-17+. The number of hydrazone groups is 1. The maximum atomic E-state index is 13.6. The lowest BCUT2D eigenvalue weighted by molar-refractivity contribution is -0.131. The summed E-state index contributed by atoms with van der Waals surface area (Å²) >= 11 is 0. The number of amides is 1. The second-order valence-electron chi connectivity index (χ2n) is 8.43. The second kappa shape index (κ2) is 11.7. The maximum absolute atomic E-state index is 13.6. The minimum Gasteiger partial charge on any atom is -0.309 e. The van der Waals surface area contributed by atoms with Gasteiger partial charge in [0.15, 0.2) is 5.82 Å². The van der Waals surface area contributed by atoms with Gasteiger partial charge in [0.05, 0.1) is 12.3 Å². The first-order valence-corrected chi connectivity index (χ1v) is 11.3. The zero-order valence-electron chi connectivity index (χ0n) is 20.3. The predicted octanol–water partition coefficient (Wildman–Crippen LogP) is 3.90. The van der Waals surface area contributed by atoms with E-state index >= 15 is 0 Å². The molecule has 3 rings (SSSR count). The van der Waals surface area contributed by atoms with Crippen molar-refractivity contribution in [2.75, 3.05) is 20.6 Å². The Morgan fingerprint density at radius 3 is 2.51 bits per heavy atom. The molecule has 0 aliphatic carbocycles. The molecule has 3 aromatic rings. The van der Waals surface area contributed by atoms with Gasteiger partial charge >= 0.3 is 5.76 Å². The van der Waals surface area contributed by atoms with E-state index in [4.69, 9.17) is 4.52 Å². The number of hydrogen-bond donors (Lipinski definition) is 0. The van der Waals surface area contributed by atoms with Crippen LogP contribution in [0.5, 0.6) is 0 Å². The summed E-state index contributed by atoms with van der Waals surface area (Å²) in [6, 6.07) is 10.3. The van der Waals surface area contributed by atoms with Gasteiger partial charge in [0.1, 0.15) is 11.6 Å². The highest BCUT2D eigenvalue weighted by atomic mass is 19.1. The van der Waals surface area contributed by atoms with Crippen LogP contribution in [0.4, 0.5) is 8.78 Å². The van der Waals surface area contributed by atoms with Crippen molar-refractivity contribution in [2.45, 2.75) is 39.8 Å². The third kappa shape index (κ3) is 6.92. The third-order valence-corrected chi connectivity index (χ3v) is 5.33. The van der Waals surface area contributed by atoms with Gasteiger partial charge in [-0.3, -0.25) is 13.9 Å². The molecule has 0 atom stereocenters. The van der Waals surface area contributed by atoms with Gasteiger partial charge in [-0.2, -0.15) is 5.10 Å². The fourth-order valence-corrected chi connectivity index (χ4v) is 3.56. The molecule has 0 aliphatic heterocycles. The van der Waals surface area contributed by atoms with Crippen molar-refractivity contribution < 1.29 is 18.1 Å². The molecule has 186 valence electrons. The van der Waals surface area contributed by atoms with Gasteiger partial charge in [0.2, 0.25) is 5.91 Å². The monoisotopic (exact) mass is 485 g/mol. The zero-order chi connectivity index (χ0) is 25.5. The number of aromatic nitrogens is 2. The van der Waals surface area contributed by atoms with E-state index in [0.717, 1.165) is 36.7 Å². The van der Waals surface area contributed by atoms with Crippen LogP contribution in [0, 0.1) is 11.6 Å². The van der Waals surface area contributed by atoms with E-state index in [-0.39, 0.29) is 24.4 Å². The molecule has 0 spiro atoms. The lowest BCUT2D eigenvalue weighted by Crippen LogP contribution is -2.26. The summed E-state index contributed by atoms with van der Waals surface area (Å²) in [7, 11) is 3.91. The summed E-state index contributed by atoms with van der Waals surface area (Å²) in [6.07, 6.45) is 0.941. The van der Waals surface area contributed by atoms with Gasteiger partial charge in [-0.15, -0.1) is 0 Å². The van der Waals surface area contributed by atoms with Crippen molar-refractivity contribution in [3.63, 3.8) is 0 Å². The number of hydrogen-bond acceptors (Lipinski definition) is 6. The molecular formula is C25H29F2N5O3. The first-order valence-electron chi connectivity index (χ1n) is 11.3. The molecule has 2 aromatic carbocycles. The highest BCUT2D eigenvalue weighted by Crippen LogP contribution is 2.20. The topological polar surface area (TPSA) is 83.9 Å². The van der Waals surface area contributed by atoms with Crippen molar-refractivity contribution in [3.8, 4) is 11.4 Å². The summed E-state index contributed by atoms with van der Waals surface area (Å²) in [4.78, 5) is 26.8. The highest BCUT2D eigenvalue weighted by molar-refractivity contribution is 5.99. The number of rotatable bonds is 10. The van der Waals surface area contributed by atoms with Crippen LogP contribution >= 0.6 is 0 Å². The Labute approximate surface area is 202 Å². The number of carbonyl (C=O) groups is 1. The Morgan fingerprint density at radius 2 is 1.86 bits per heavy atom. The Kier molecular flexibility index (Phi) is 8.64. The molecule has 0 aliphatic rings. The van der Waals surface area contributed by atoms with E-state index in [1.807, 2.05) is 31.1 Å². The molecule has 0 radical (unpaired) electrons. The Hall–Kier alpha value is -3.66. The van der Waals surface area contributed by atoms with E-state index in [1.165, 1.54) is 9.58 Å². The van der Waals surface area contributed by atoms with Crippen LogP contribution in [-0.4, -0.2) is 51.9 Å². The first kappa shape index (κ1) is 26.0. The van der Waals surface area contributed by atoms with Gasteiger partial charge in [-0.25, -0.2) is 18.6 Å². The molecule has 1 heterocycles. The van der Waals surface area contributed by atoms with Crippen LogP contribution in [0.3, 0.4) is 0 Å². The summed E-state index contributed by atoms with van der Waals surface area (Å²) in [5, 5.41) is 9.56. The molecular weight excluding hydrogens is 456 g/mol. The number of halogens is 2. The van der Waals surface area contributed by atoms with Crippen molar-refractivity contribution in [1.82, 2.24) is 19.6 Å². The van der Waals surface area contributed by atoms with Crippen molar-refractivity contribution in [3.05, 3.63) is 75.8 Å². The van der Waals surface area contributed by atoms with Crippen LogP contribution in [-0.2, 0) is 17.9 Å². The van der Waals surface area contributed by atoms with Crippen molar-refractivity contribution in [1.29, 1.82) is 0 Å². The molecule has 0 N–H and O–H groups in total. The second-order valence-corrected chi connectivity index (χ2v) is 8.43. The lowest BCUT2D eigenvalue weighted by atomic mass is 10.1.